The van der Waals surface area contributed by atoms with Gasteiger partial charge in [-0.05, 0) is 27.6 Å². The number of morpholine rings is 1. The molecule has 1 N–H and O–H groups in total. The molecule has 1 fully saturated rings. The summed E-state index contributed by atoms with van der Waals surface area (Å²) in [5.74, 6) is 0. The topological polar surface area (TPSA) is 34.1 Å². The molecule has 2 heterocycles. The predicted molar refractivity (Wildman–Crippen MR) is 60.7 cm³/mol. The van der Waals surface area contributed by atoms with Crippen LogP contribution in [0.25, 0.3) is 0 Å². The normalized spacial score (nSPS) is 21.4. The van der Waals surface area contributed by atoms with Crippen LogP contribution in [-0.4, -0.2) is 24.7 Å². The molecule has 78 valence electrons. The van der Waals surface area contributed by atoms with Crippen LogP contribution in [0.1, 0.15) is 11.6 Å². The Labute approximate surface area is 97.8 Å². The van der Waals surface area contributed by atoms with Gasteiger partial charge < -0.3 is 10.1 Å². The van der Waals surface area contributed by atoms with Crippen LogP contribution in [0.5, 0.6) is 0 Å². The van der Waals surface area contributed by atoms with Crippen LogP contribution in [-0.2, 0) is 4.74 Å². The van der Waals surface area contributed by atoms with Crippen LogP contribution >= 0.6 is 28.3 Å². The number of rotatable bonds is 1. The van der Waals surface area contributed by atoms with Gasteiger partial charge in [-0.25, -0.2) is 4.98 Å². The van der Waals surface area contributed by atoms with Crippen LogP contribution in [0.3, 0.4) is 0 Å². The molecule has 0 spiro atoms. The van der Waals surface area contributed by atoms with E-state index in [0.29, 0.717) is 6.04 Å². The average Bonchev–Trinajstić information content (AvgIpc) is 2.20. The number of nitrogens with one attached hydrogen (secondary N) is 1. The van der Waals surface area contributed by atoms with E-state index in [9.17, 15) is 0 Å². The number of pyridine rings is 1. The highest BCUT2D eigenvalue weighted by atomic mass is 79.9. The fraction of sp³-hybridized carbons (Fsp3) is 0.444. The van der Waals surface area contributed by atoms with Gasteiger partial charge in [0.05, 0.1) is 19.3 Å². The van der Waals surface area contributed by atoms with Gasteiger partial charge in [-0.15, -0.1) is 12.4 Å². The van der Waals surface area contributed by atoms with Crippen molar-refractivity contribution in [2.45, 2.75) is 6.04 Å². The van der Waals surface area contributed by atoms with Crippen molar-refractivity contribution in [3.05, 3.63) is 28.5 Å². The largest absolute Gasteiger partial charge is 0.378 e. The fourth-order valence-corrected chi connectivity index (χ4v) is 1.61. The van der Waals surface area contributed by atoms with Crippen LogP contribution in [0.15, 0.2) is 22.9 Å². The number of hydrogen-bond acceptors (Lipinski definition) is 3. The number of aromatic nitrogens is 1. The van der Waals surface area contributed by atoms with Crippen molar-refractivity contribution in [1.29, 1.82) is 0 Å². The van der Waals surface area contributed by atoms with Gasteiger partial charge in [0.2, 0.25) is 0 Å². The van der Waals surface area contributed by atoms with Gasteiger partial charge in [0.25, 0.3) is 0 Å². The Balaban J connectivity index is 0.000000980. The second-order valence-electron chi connectivity index (χ2n) is 3.00. The molecule has 0 bridgehead atoms. The first kappa shape index (κ1) is 11.9. The molecule has 0 unspecified atom stereocenters. The molecule has 1 aromatic heterocycles. The Morgan fingerprint density at radius 3 is 2.93 bits per heavy atom. The Bertz CT molecular complexity index is 275. The van der Waals surface area contributed by atoms with Gasteiger partial charge in [-0.3, -0.25) is 0 Å². The summed E-state index contributed by atoms with van der Waals surface area (Å²) in [5.41, 5.74) is 1.18. The minimum absolute atomic E-state index is 0. The molecule has 0 aliphatic carbocycles. The maximum absolute atomic E-state index is 5.36. The predicted octanol–water partition coefficient (Wildman–Crippen LogP) is 1.93. The lowest BCUT2D eigenvalue weighted by Gasteiger charge is -2.23. The molecule has 0 radical (unpaired) electrons. The number of halogens is 2. The summed E-state index contributed by atoms with van der Waals surface area (Å²) in [6.45, 7) is 2.46. The van der Waals surface area contributed by atoms with E-state index >= 15 is 0 Å². The molecule has 2 rings (SSSR count). The highest BCUT2D eigenvalue weighted by Gasteiger charge is 2.14. The second-order valence-corrected chi connectivity index (χ2v) is 3.81. The third-order valence-corrected chi connectivity index (χ3v) is 2.54. The van der Waals surface area contributed by atoms with Crippen molar-refractivity contribution in [1.82, 2.24) is 10.3 Å². The summed E-state index contributed by atoms with van der Waals surface area (Å²) >= 11 is 3.31. The highest BCUT2D eigenvalue weighted by molar-refractivity contribution is 9.10. The van der Waals surface area contributed by atoms with Crippen molar-refractivity contribution in [2.24, 2.45) is 0 Å². The van der Waals surface area contributed by atoms with E-state index in [1.165, 1.54) is 5.56 Å². The summed E-state index contributed by atoms with van der Waals surface area (Å²) < 4.78 is 6.23. The van der Waals surface area contributed by atoms with Crippen LogP contribution in [0.4, 0.5) is 0 Å². The maximum Gasteiger partial charge on any atom is 0.106 e. The summed E-state index contributed by atoms with van der Waals surface area (Å²) in [5, 5.41) is 3.37. The lowest BCUT2D eigenvalue weighted by Crippen LogP contribution is -2.34. The minimum atomic E-state index is 0. The lowest BCUT2D eigenvalue weighted by molar-refractivity contribution is 0.0768. The Morgan fingerprint density at radius 1 is 1.50 bits per heavy atom. The minimum Gasteiger partial charge on any atom is -0.378 e. The van der Waals surface area contributed by atoms with Gasteiger partial charge in [-0.1, -0.05) is 6.07 Å². The molecule has 0 amide bonds. The zero-order valence-electron chi connectivity index (χ0n) is 7.57. The molecule has 1 atom stereocenters. The Hall–Kier alpha value is -0.160. The van der Waals surface area contributed by atoms with E-state index in [1.807, 2.05) is 12.3 Å². The van der Waals surface area contributed by atoms with Crippen LogP contribution < -0.4 is 5.32 Å². The van der Waals surface area contributed by atoms with Gasteiger partial charge >= 0.3 is 0 Å². The molecule has 1 aliphatic rings. The van der Waals surface area contributed by atoms with E-state index in [-0.39, 0.29) is 12.4 Å². The van der Waals surface area contributed by atoms with E-state index < -0.39 is 0 Å². The second kappa shape index (κ2) is 5.66. The molecular weight excluding hydrogens is 267 g/mol. The van der Waals surface area contributed by atoms with Crippen LogP contribution in [0, 0.1) is 0 Å². The zero-order valence-corrected chi connectivity index (χ0v) is 9.97. The third kappa shape index (κ3) is 2.92. The molecule has 0 saturated carbocycles. The SMILES string of the molecule is Brc1ccc([C@H]2COCCN2)cn1.Cl. The van der Waals surface area contributed by atoms with Crippen molar-refractivity contribution in [2.75, 3.05) is 19.8 Å². The van der Waals surface area contributed by atoms with E-state index in [0.717, 1.165) is 24.4 Å². The van der Waals surface area contributed by atoms with Gasteiger partial charge in [0.15, 0.2) is 0 Å². The highest BCUT2D eigenvalue weighted by Crippen LogP contribution is 2.16. The summed E-state index contributed by atoms with van der Waals surface area (Å²) in [6, 6.07) is 4.31. The number of nitrogens with zero attached hydrogens (tertiary/aromatic N) is 1. The Morgan fingerprint density at radius 2 is 2.36 bits per heavy atom. The first-order chi connectivity index (χ1) is 6.36. The molecular formula is C9H12BrClN2O. The van der Waals surface area contributed by atoms with E-state index in [1.54, 1.807) is 0 Å². The van der Waals surface area contributed by atoms with E-state index in [4.69, 9.17) is 4.74 Å². The molecule has 1 saturated heterocycles. The van der Waals surface area contributed by atoms with Gasteiger partial charge in [-0.2, -0.15) is 0 Å². The summed E-state index contributed by atoms with van der Waals surface area (Å²) in [6.07, 6.45) is 1.87. The van der Waals surface area contributed by atoms with Gasteiger partial charge in [0, 0.05) is 12.7 Å². The standard InChI is InChI=1S/C9H11BrN2O.ClH/c10-9-2-1-7(5-12-9)8-6-13-4-3-11-8;/h1-2,5,8,11H,3-4,6H2;1H/t8-;/m1./s1. The first-order valence-electron chi connectivity index (χ1n) is 4.29. The molecule has 5 heteroatoms. The zero-order chi connectivity index (χ0) is 9.10. The van der Waals surface area contributed by atoms with E-state index in [2.05, 4.69) is 32.3 Å². The molecule has 14 heavy (non-hydrogen) atoms. The molecule has 1 aliphatic heterocycles. The smallest absolute Gasteiger partial charge is 0.106 e. The molecule has 3 nitrogen and oxygen atoms in total. The molecule has 1 aromatic rings. The Kier molecular flexibility index (Phi) is 4.81. The monoisotopic (exact) mass is 278 g/mol. The van der Waals surface area contributed by atoms with Crippen LogP contribution in [0.2, 0.25) is 0 Å². The summed E-state index contributed by atoms with van der Waals surface area (Å²) in [4.78, 5) is 4.18. The maximum atomic E-state index is 5.36. The fourth-order valence-electron chi connectivity index (χ4n) is 1.37. The van der Waals surface area contributed by atoms with Crippen molar-refractivity contribution < 1.29 is 4.74 Å². The quantitative estimate of drug-likeness (QED) is 0.798. The number of hydrogen-bond donors (Lipinski definition) is 1. The molecule has 0 aromatic carbocycles. The van der Waals surface area contributed by atoms with Crippen molar-refractivity contribution in [3.63, 3.8) is 0 Å². The van der Waals surface area contributed by atoms with Gasteiger partial charge in [0.1, 0.15) is 4.60 Å². The third-order valence-electron chi connectivity index (χ3n) is 2.07. The first-order valence-corrected chi connectivity index (χ1v) is 5.08. The summed E-state index contributed by atoms with van der Waals surface area (Å²) in [7, 11) is 0. The van der Waals surface area contributed by atoms with Crippen molar-refractivity contribution in [3.8, 4) is 0 Å². The average molecular weight is 280 g/mol. The lowest BCUT2D eigenvalue weighted by atomic mass is 10.1. The van der Waals surface area contributed by atoms with Crippen molar-refractivity contribution >= 4 is 28.3 Å². The number of ether oxygens (including phenoxy) is 1.